The zero-order valence-corrected chi connectivity index (χ0v) is 31.9. The van der Waals surface area contributed by atoms with Crippen LogP contribution in [-0.2, 0) is 0 Å². The second-order valence-corrected chi connectivity index (χ2v) is 11.8. The van der Waals surface area contributed by atoms with E-state index in [1.165, 1.54) is 36.7 Å². The molecule has 0 amide bonds. The summed E-state index contributed by atoms with van der Waals surface area (Å²) in [6, 6.07) is 20.2. The normalized spacial score (nSPS) is 9.04. The molecule has 6 aromatic rings. The van der Waals surface area contributed by atoms with Gasteiger partial charge in [0, 0.05) is 36.9 Å². The van der Waals surface area contributed by atoms with Gasteiger partial charge in [0.15, 0.2) is 0 Å². The number of anilines is 4. The van der Waals surface area contributed by atoms with Crippen LogP contribution in [0.5, 0.6) is 0 Å². The second-order valence-electron chi connectivity index (χ2n) is 8.59. The van der Waals surface area contributed by atoms with Crippen LogP contribution in [0.3, 0.4) is 0 Å². The Morgan fingerprint density at radius 3 is 0.900 bits per heavy atom. The molecule has 0 saturated carbocycles. The maximum atomic E-state index is 10.1. The molecule has 0 aliphatic heterocycles. The van der Waals surface area contributed by atoms with Crippen LogP contribution in [0.4, 0.5) is 34.1 Å². The molecule has 0 aromatic carbocycles. The molecule has 0 aliphatic carbocycles. The smallest absolute Gasteiger partial charge is 0.287 e. The summed E-state index contributed by atoms with van der Waals surface area (Å²) >= 11 is 12.5. The highest BCUT2D eigenvalue weighted by Crippen LogP contribution is 2.13. The predicted molar refractivity (Wildman–Crippen MR) is 207 cm³/mol. The van der Waals surface area contributed by atoms with Crippen LogP contribution in [0.2, 0.25) is 0 Å². The zero-order valence-electron chi connectivity index (χ0n) is 25.6. The van der Waals surface area contributed by atoms with Gasteiger partial charge in [-0.25, -0.2) is 19.9 Å². The van der Waals surface area contributed by atoms with E-state index in [1.807, 2.05) is 0 Å². The topological polar surface area (TPSA) is 268 Å². The highest BCUT2D eigenvalue weighted by molar-refractivity contribution is 9.11. The monoisotopic (exact) mass is 936 g/mol. The van der Waals surface area contributed by atoms with Gasteiger partial charge in [0.2, 0.25) is 0 Å². The molecule has 50 heavy (non-hydrogen) atoms. The van der Waals surface area contributed by atoms with Gasteiger partial charge in [-0.3, -0.25) is 30.2 Å². The Morgan fingerprint density at radius 2 is 0.740 bits per heavy atom. The van der Waals surface area contributed by atoms with Crippen LogP contribution in [0, 0.1) is 20.2 Å². The first kappa shape index (κ1) is 42.8. The predicted octanol–water partition coefficient (Wildman–Crippen LogP) is 7.68. The fraction of sp³-hybridized carbons (Fsp3) is 0. The van der Waals surface area contributed by atoms with Crippen molar-refractivity contribution in [1.82, 2.24) is 29.9 Å². The summed E-state index contributed by atoms with van der Waals surface area (Å²) < 4.78 is 2.81. The van der Waals surface area contributed by atoms with Gasteiger partial charge in [-0.15, -0.1) is 0 Å². The van der Waals surface area contributed by atoms with E-state index in [0.29, 0.717) is 32.0 Å². The van der Waals surface area contributed by atoms with Gasteiger partial charge >= 0.3 is 0 Å². The largest absolute Gasteiger partial charge is 0.397 e. The van der Waals surface area contributed by atoms with Crippen molar-refractivity contribution in [1.29, 1.82) is 0 Å². The average molecular weight is 940 g/mol. The lowest BCUT2D eigenvalue weighted by atomic mass is 10.4. The summed E-state index contributed by atoms with van der Waals surface area (Å²) in [5.41, 5.74) is 24.1. The molecule has 6 rings (SSSR count). The Morgan fingerprint density at radius 1 is 0.440 bits per heavy atom. The van der Waals surface area contributed by atoms with E-state index in [9.17, 15) is 20.2 Å². The molecule has 260 valence electrons. The summed E-state index contributed by atoms with van der Waals surface area (Å²) in [6.45, 7) is 0. The fourth-order valence-corrected chi connectivity index (χ4v) is 3.42. The minimum Gasteiger partial charge on any atom is -0.397 e. The molecule has 0 bridgehead atoms. The van der Waals surface area contributed by atoms with Crippen LogP contribution >= 0.6 is 63.7 Å². The summed E-state index contributed by atoms with van der Waals surface area (Å²) in [6.07, 6.45) is 12.2. The highest BCUT2D eigenvalue weighted by atomic mass is 79.9. The molecule has 0 radical (unpaired) electrons. The third-order valence-corrected chi connectivity index (χ3v) is 6.59. The summed E-state index contributed by atoms with van der Waals surface area (Å²) in [5, 5.41) is 20.1. The van der Waals surface area contributed by atoms with Crippen LogP contribution in [0.1, 0.15) is 0 Å². The zero-order chi connectivity index (χ0) is 37.3. The Balaban J connectivity index is 0.000000302. The van der Waals surface area contributed by atoms with Crippen LogP contribution in [-0.4, -0.2) is 39.8 Å². The lowest BCUT2D eigenvalue weighted by molar-refractivity contribution is -0.385. The maximum Gasteiger partial charge on any atom is 0.287 e. The Hall–Kier alpha value is -5.18. The molecule has 6 aromatic heterocycles. The van der Waals surface area contributed by atoms with Crippen molar-refractivity contribution < 1.29 is 9.85 Å². The van der Waals surface area contributed by atoms with E-state index < -0.39 is 9.85 Å². The first-order chi connectivity index (χ1) is 23.8. The number of aromatic nitrogens is 6. The maximum absolute atomic E-state index is 10.1. The van der Waals surface area contributed by atoms with Crippen molar-refractivity contribution in [3.8, 4) is 0 Å². The van der Waals surface area contributed by atoms with Crippen molar-refractivity contribution >= 4 is 97.8 Å². The summed E-state index contributed by atoms with van der Waals surface area (Å²) in [4.78, 5) is 41.8. The van der Waals surface area contributed by atoms with Crippen molar-refractivity contribution in [2.45, 2.75) is 0 Å². The molecular weight excluding hydrogens is 912 g/mol. The van der Waals surface area contributed by atoms with Crippen LogP contribution in [0.15, 0.2) is 141 Å². The second kappa shape index (κ2) is 24.9. The molecule has 0 unspecified atom stereocenters. The van der Waals surface area contributed by atoms with Gasteiger partial charge < -0.3 is 22.9 Å². The number of rotatable bonds is 2. The van der Waals surface area contributed by atoms with Gasteiger partial charge in [0.25, 0.3) is 11.4 Å². The number of hydrogen-bond acceptors (Lipinski definition) is 14. The summed E-state index contributed by atoms with van der Waals surface area (Å²) in [5.74, 6) is 0. The van der Waals surface area contributed by atoms with Crippen molar-refractivity contribution in [2.75, 3.05) is 22.9 Å². The van der Waals surface area contributed by atoms with Crippen LogP contribution in [0.25, 0.3) is 0 Å². The van der Waals surface area contributed by atoms with Gasteiger partial charge in [0.05, 0.1) is 45.0 Å². The van der Waals surface area contributed by atoms with E-state index >= 15 is 0 Å². The number of halogens is 4. The van der Waals surface area contributed by atoms with E-state index in [4.69, 9.17) is 22.9 Å². The van der Waals surface area contributed by atoms with E-state index in [1.54, 1.807) is 85.7 Å². The number of nitrogen functional groups attached to an aromatic ring is 4. The Labute approximate surface area is 319 Å². The highest BCUT2D eigenvalue weighted by Gasteiger charge is 2.03. The third kappa shape index (κ3) is 21.6. The molecule has 20 heteroatoms. The number of hydrogen-bond donors (Lipinski definition) is 4. The number of pyridine rings is 6. The van der Waals surface area contributed by atoms with E-state index in [0.717, 1.165) is 9.21 Å². The average Bonchev–Trinajstić information content (AvgIpc) is 3.10. The Kier molecular flexibility index (Phi) is 21.3. The van der Waals surface area contributed by atoms with Crippen molar-refractivity contribution in [3.05, 3.63) is 161 Å². The standard InChI is InChI=1S/2C5H3BrN2O2.2C5H5BrN2.2C5H6N2/c2*6-5-2-1-4(3-7-5)8(9)10;2*6-5-2-1-4(7)3-8-5;2*6-5-2-1-3-7-4-5/h2*1-3H;2*1-3H,7H2;2*1-4H,6H2. The number of nitro groups is 2. The molecule has 6 heterocycles. The van der Waals surface area contributed by atoms with Gasteiger partial charge in [0.1, 0.15) is 30.8 Å². The minimum absolute atomic E-state index is 0.00296. The molecule has 0 aliphatic rings. The summed E-state index contributed by atoms with van der Waals surface area (Å²) in [7, 11) is 0. The molecule has 0 saturated heterocycles. The van der Waals surface area contributed by atoms with E-state index in [-0.39, 0.29) is 11.4 Å². The third-order valence-electron chi connectivity index (χ3n) is 4.71. The minimum atomic E-state index is -0.487. The van der Waals surface area contributed by atoms with Gasteiger partial charge in [-0.05, 0) is 124 Å². The van der Waals surface area contributed by atoms with Crippen molar-refractivity contribution in [3.63, 3.8) is 0 Å². The Bertz CT molecular complexity index is 1640. The first-order valence-corrected chi connectivity index (χ1v) is 16.5. The number of nitrogens with two attached hydrogens (primary N) is 4. The quantitative estimate of drug-likeness (QED) is 0.0737. The van der Waals surface area contributed by atoms with Crippen molar-refractivity contribution in [2.24, 2.45) is 0 Å². The molecule has 16 nitrogen and oxygen atoms in total. The number of nitrogens with zero attached hydrogens (tertiary/aromatic N) is 8. The molecule has 0 spiro atoms. The molecule has 0 fully saturated rings. The van der Waals surface area contributed by atoms with Gasteiger partial charge in [-0.2, -0.15) is 0 Å². The molecule has 8 N–H and O–H groups in total. The SMILES string of the molecule is Nc1ccc(Br)nc1.Nc1ccc(Br)nc1.Nc1cccnc1.Nc1cccnc1.O=[N+]([O-])c1ccc(Br)nc1.O=[N+]([O-])c1ccc(Br)nc1. The van der Waals surface area contributed by atoms with Gasteiger partial charge in [-0.1, -0.05) is 0 Å². The fourth-order valence-electron chi connectivity index (χ4n) is 2.48. The first-order valence-electron chi connectivity index (χ1n) is 13.3. The van der Waals surface area contributed by atoms with E-state index in [2.05, 4.69) is 93.6 Å². The molecule has 0 atom stereocenters. The lowest BCUT2D eigenvalue weighted by Crippen LogP contribution is -1.87. The molecular formula is C30H28Br4N12O4. The lowest BCUT2D eigenvalue weighted by Gasteiger charge is -1.88. The van der Waals surface area contributed by atoms with Crippen LogP contribution < -0.4 is 22.9 Å².